The summed E-state index contributed by atoms with van der Waals surface area (Å²) in [5.41, 5.74) is 1.91. The van der Waals surface area contributed by atoms with E-state index in [2.05, 4.69) is 50.8 Å². The third kappa shape index (κ3) is 5.37. The zero-order chi connectivity index (χ0) is 15.6. The summed E-state index contributed by atoms with van der Waals surface area (Å²) in [5, 5.41) is 0. The highest BCUT2D eigenvalue weighted by atomic mass is 28.3. The molecule has 0 bridgehead atoms. The second-order valence-electron chi connectivity index (χ2n) is 7.22. The molecule has 4 heteroatoms. The van der Waals surface area contributed by atoms with E-state index in [0.717, 1.165) is 5.56 Å². The fraction of sp³-hybridized carbons (Fsp3) is 0.562. The SMILES string of the molecule is Cc1ccc(CN(C(=O)OC(C)(C)C)[Si](C)(C)C)cc1. The van der Waals surface area contributed by atoms with Gasteiger partial charge in [0, 0.05) is 6.54 Å². The van der Waals surface area contributed by atoms with Crippen LogP contribution < -0.4 is 0 Å². The molecule has 0 unspecified atom stereocenters. The monoisotopic (exact) mass is 293 g/mol. The predicted octanol–water partition coefficient (Wildman–Crippen LogP) is 4.57. The number of aryl methyl sites for hydroxylation is 1. The Labute approximate surface area is 124 Å². The summed E-state index contributed by atoms with van der Waals surface area (Å²) >= 11 is 0. The largest absolute Gasteiger partial charge is 0.444 e. The van der Waals surface area contributed by atoms with Crippen LogP contribution in [0.5, 0.6) is 0 Å². The first-order valence-corrected chi connectivity index (χ1v) is 10.5. The zero-order valence-electron chi connectivity index (χ0n) is 13.8. The van der Waals surface area contributed by atoms with Crippen molar-refractivity contribution in [1.29, 1.82) is 0 Å². The average Bonchev–Trinajstić information content (AvgIpc) is 2.24. The molecule has 0 N–H and O–H groups in total. The molecular formula is C16H27NO2Si. The van der Waals surface area contributed by atoms with E-state index in [1.807, 2.05) is 25.3 Å². The van der Waals surface area contributed by atoms with Crippen molar-refractivity contribution in [3.63, 3.8) is 0 Å². The van der Waals surface area contributed by atoms with Gasteiger partial charge in [0.15, 0.2) is 8.24 Å². The number of hydrogen-bond donors (Lipinski definition) is 0. The molecule has 0 aliphatic rings. The van der Waals surface area contributed by atoms with E-state index in [9.17, 15) is 4.79 Å². The van der Waals surface area contributed by atoms with Crippen molar-refractivity contribution in [2.24, 2.45) is 0 Å². The van der Waals surface area contributed by atoms with Gasteiger partial charge in [0.25, 0.3) is 0 Å². The summed E-state index contributed by atoms with van der Waals surface area (Å²) in [7, 11) is -1.79. The Morgan fingerprint density at radius 2 is 1.65 bits per heavy atom. The van der Waals surface area contributed by atoms with Crippen LogP contribution in [0, 0.1) is 6.92 Å². The third-order valence-electron chi connectivity index (χ3n) is 2.88. The minimum atomic E-state index is -1.79. The van der Waals surface area contributed by atoms with Gasteiger partial charge in [-0.2, -0.15) is 0 Å². The van der Waals surface area contributed by atoms with Gasteiger partial charge in [0.05, 0.1) is 0 Å². The number of amides is 1. The molecule has 0 aliphatic carbocycles. The van der Waals surface area contributed by atoms with Crippen LogP contribution >= 0.6 is 0 Å². The first kappa shape index (κ1) is 16.8. The van der Waals surface area contributed by atoms with Gasteiger partial charge < -0.3 is 9.30 Å². The van der Waals surface area contributed by atoms with Gasteiger partial charge in [0.2, 0.25) is 0 Å². The van der Waals surface area contributed by atoms with Crippen molar-refractivity contribution in [3.8, 4) is 0 Å². The Bertz CT molecular complexity index is 455. The van der Waals surface area contributed by atoms with Gasteiger partial charge in [-0.1, -0.05) is 49.5 Å². The van der Waals surface area contributed by atoms with Crippen molar-refractivity contribution in [3.05, 3.63) is 35.4 Å². The minimum Gasteiger partial charge on any atom is -0.444 e. The van der Waals surface area contributed by atoms with Crippen LogP contribution in [-0.4, -0.2) is 24.5 Å². The lowest BCUT2D eigenvalue weighted by Gasteiger charge is -2.35. The number of nitrogens with zero attached hydrogens (tertiary/aromatic N) is 1. The molecule has 0 spiro atoms. The highest BCUT2D eigenvalue weighted by Gasteiger charge is 2.32. The van der Waals surface area contributed by atoms with E-state index in [4.69, 9.17) is 4.74 Å². The molecule has 0 heterocycles. The number of ether oxygens (including phenoxy) is 1. The molecule has 3 nitrogen and oxygen atoms in total. The van der Waals surface area contributed by atoms with Gasteiger partial charge in [-0.05, 0) is 33.3 Å². The second kappa shape index (κ2) is 6.00. The van der Waals surface area contributed by atoms with Gasteiger partial charge in [0.1, 0.15) is 5.60 Å². The van der Waals surface area contributed by atoms with E-state index >= 15 is 0 Å². The summed E-state index contributed by atoms with van der Waals surface area (Å²) < 4.78 is 7.45. The third-order valence-corrected chi connectivity index (χ3v) is 4.85. The minimum absolute atomic E-state index is 0.211. The van der Waals surface area contributed by atoms with Crippen molar-refractivity contribution < 1.29 is 9.53 Å². The average molecular weight is 293 g/mol. The van der Waals surface area contributed by atoms with E-state index in [0.29, 0.717) is 6.54 Å². The molecule has 0 fully saturated rings. The lowest BCUT2D eigenvalue weighted by atomic mass is 10.1. The predicted molar refractivity (Wildman–Crippen MR) is 86.3 cm³/mol. The number of benzene rings is 1. The molecule has 1 rings (SSSR count). The molecule has 1 aromatic carbocycles. The molecule has 0 aliphatic heterocycles. The van der Waals surface area contributed by atoms with Crippen molar-refractivity contribution in [2.75, 3.05) is 0 Å². The fourth-order valence-electron chi connectivity index (χ4n) is 1.77. The van der Waals surface area contributed by atoms with Crippen LogP contribution in [0.4, 0.5) is 4.79 Å². The van der Waals surface area contributed by atoms with Crippen LogP contribution in [0.1, 0.15) is 31.9 Å². The first-order valence-electron chi connectivity index (χ1n) is 7.05. The number of carbonyl (C=O) groups is 1. The van der Waals surface area contributed by atoms with E-state index < -0.39 is 13.8 Å². The zero-order valence-corrected chi connectivity index (χ0v) is 14.8. The van der Waals surface area contributed by atoms with E-state index in [1.165, 1.54) is 5.56 Å². The molecule has 112 valence electrons. The van der Waals surface area contributed by atoms with E-state index in [-0.39, 0.29) is 6.09 Å². The molecule has 0 radical (unpaired) electrons. The van der Waals surface area contributed by atoms with Crippen LogP contribution in [0.15, 0.2) is 24.3 Å². The lowest BCUT2D eigenvalue weighted by Crippen LogP contribution is -2.50. The summed E-state index contributed by atoms with van der Waals surface area (Å²) in [4.78, 5) is 12.4. The van der Waals surface area contributed by atoms with Crippen LogP contribution in [0.25, 0.3) is 0 Å². The standard InChI is InChI=1S/C16H27NO2Si/c1-13-8-10-14(11-9-13)12-17(20(5,6)7)15(18)19-16(2,3)4/h8-11H,12H2,1-7H3. The van der Waals surface area contributed by atoms with Crippen molar-refractivity contribution >= 4 is 14.3 Å². The lowest BCUT2D eigenvalue weighted by molar-refractivity contribution is 0.0365. The first-order chi connectivity index (χ1) is 8.99. The highest BCUT2D eigenvalue weighted by Crippen LogP contribution is 2.19. The van der Waals surface area contributed by atoms with Crippen LogP contribution in [-0.2, 0) is 11.3 Å². The molecule has 0 saturated carbocycles. The molecule has 1 aromatic rings. The Hall–Kier alpha value is -1.29. The molecule has 0 atom stereocenters. The maximum Gasteiger partial charge on any atom is 0.402 e. The number of hydrogen-bond acceptors (Lipinski definition) is 2. The maximum atomic E-state index is 12.4. The van der Waals surface area contributed by atoms with Gasteiger partial charge in [-0.3, -0.25) is 0 Å². The van der Waals surface area contributed by atoms with Gasteiger partial charge in [-0.15, -0.1) is 0 Å². The summed E-state index contributed by atoms with van der Waals surface area (Å²) in [5.74, 6) is 0. The number of carbonyl (C=O) groups excluding carboxylic acids is 1. The second-order valence-corrected chi connectivity index (χ2v) is 12.1. The van der Waals surface area contributed by atoms with Crippen LogP contribution in [0.2, 0.25) is 19.6 Å². The summed E-state index contributed by atoms with van der Waals surface area (Å²) in [6.07, 6.45) is -0.211. The highest BCUT2D eigenvalue weighted by molar-refractivity contribution is 6.75. The Kier molecular flexibility index (Phi) is 5.03. The van der Waals surface area contributed by atoms with Crippen molar-refractivity contribution in [2.45, 2.75) is 59.5 Å². The summed E-state index contributed by atoms with van der Waals surface area (Å²) in [6, 6.07) is 8.30. The fourth-order valence-corrected chi connectivity index (χ4v) is 3.02. The quantitative estimate of drug-likeness (QED) is 0.764. The summed E-state index contributed by atoms with van der Waals surface area (Å²) in [6.45, 7) is 14.9. The Morgan fingerprint density at radius 1 is 1.15 bits per heavy atom. The Morgan fingerprint density at radius 3 is 2.05 bits per heavy atom. The topological polar surface area (TPSA) is 29.5 Å². The maximum absolute atomic E-state index is 12.4. The Balaban J connectivity index is 2.91. The molecule has 0 saturated heterocycles. The van der Waals surface area contributed by atoms with Gasteiger partial charge >= 0.3 is 6.09 Å². The molecule has 1 amide bonds. The molecular weight excluding hydrogens is 266 g/mol. The number of rotatable bonds is 3. The smallest absolute Gasteiger partial charge is 0.402 e. The normalized spacial score (nSPS) is 12.2. The molecule has 0 aromatic heterocycles. The molecule has 20 heavy (non-hydrogen) atoms. The van der Waals surface area contributed by atoms with Crippen LogP contribution in [0.3, 0.4) is 0 Å². The van der Waals surface area contributed by atoms with E-state index in [1.54, 1.807) is 0 Å². The van der Waals surface area contributed by atoms with Gasteiger partial charge in [-0.25, -0.2) is 4.79 Å². The van der Waals surface area contributed by atoms with Crippen molar-refractivity contribution in [1.82, 2.24) is 4.57 Å².